The summed E-state index contributed by atoms with van der Waals surface area (Å²) in [6, 6.07) is 0. The standard InChI is InChI=1S/C30H50O16/c1-9-3-13-19-16(42-9)6-12(31)7-17(19)44-27(11-4-14(32)21(35)15(33)5-11)28(13)46-30-26(40)24(38)22(36)18(45-30)8-41-29-25(39)23(37)20(34)10(2)43-29/h9-40H,3-8H2,1-2H3. The first kappa shape index (κ1) is 35.2. The predicted octanol–water partition coefficient (Wildman–Crippen LogP) is -4.15. The third kappa shape index (κ3) is 6.63. The number of aliphatic hydroxyl groups is 10. The van der Waals surface area contributed by atoms with Crippen LogP contribution in [0.2, 0.25) is 0 Å². The van der Waals surface area contributed by atoms with Crippen molar-refractivity contribution in [3.63, 3.8) is 0 Å². The number of hydrogen-bond donors (Lipinski definition) is 10. The molecule has 0 bridgehead atoms. The van der Waals surface area contributed by atoms with E-state index < -0.39 is 117 Å². The van der Waals surface area contributed by atoms with Gasteiger partial charge in [0.15, 0.2) is 12.6 Å². The summed E-state index contributed by atoms with van der Waals surface area (Å²) in [5.41, 5.74) is 0. The molecule has 266 valence electrons. The number of hydrogen-bond acceptors (Lipinski definition) is 16. The molecule has 0 aromatic carbocycles. The highest BCUT2D eigenvalue weighted by Crippen LogP contribution is 2.50. The molecule has 0 spiro atoms. The summed E-state index contributed by atoms with van der Waals surface area (Å²) < 4.78 is 36.4. The van der Waals surface area contributed by atoms with Gasteiger partial charge in [0.05, 0.1) is 61.5 Å². The first-order valence-corrected chi connectivity index (χ1v) is 16.4. The Hall–Kier alpha value is -0.640. The Balaban J connectivity index is 1.23. The zero-order valence-electron chi connectivity index (χ0n) is 25.9. The molecular formula is C30H50O16. The Kier molecular flexibility index (Phi) is 10.7. The Morgan fingerprint density at radius 2 is 1.20 bits per heavy atom. The zero-order chi connectivity index (χ0) is 33.2. The quantitative estimate of drug-likeness (QED) is 0.129. The maximum absolute atomic E-state index is 11.0. The molecule has 20 atom stereocenters. The molecule has 4 aliphatic heterocycles. The van der Waals surface area contributed by atoms with Crippen LogP contribution in [0, 0.1) is 17.8 Å². The van der Waals surface area contributed by atoms with E-state index in [9.17, 15) is 51.1 Å². The van der Waals surface area contributed by atoms with Gasteiger partial charge in [-0.1, -0.05) is 0 Å². The van der Waals surface area contributed by atoms with Gasteiger partial charge >= 0.3 is 0 Å². The van der Waals surface area contributed by atoms with E-state index >= 15 is 0 Å². The Morgan fingerprint density at radius 3 is 1.87 bits per heavy atom. The molecule has 20 unspecified atom stereocenters. The first-order valence-electron chi connectivity index (χ1n) is 16.4. The first-order chi connectivity index (χ1) is 21.7. The minimum Gasteiger partial charge on any atom is -0.393 e. The molecular weight excluding hydrogens is 616 g/mol. The summed E-state index contributed by atoms with van der Waals surface area (Å²) in [5.74, 6) is -0.908. The van der Waals surface area contributed by atoms with Gasteiger partial charge in [-0.3, -0.25) is 0 Å². The molecule has 6 aliphatic rings. The molecule has 0 radical (unpaired) electrons. The molecule has 6 rings (SSSR count). The van der Waals surface area contributed by atoms with Crippen LogP contribution in [0.5, 0.6) is 0 Å². The lowest BCUT2D eigenvalue weighted by atomic mass is 9.64. The molecule has 0 aromatic heterocycles. The van der Waals surface area contributed by atoms with Crippen LogP contribution >= 0.6 is 0 Å². The van der Waals surface area contributed by atoms with Gasteiger partial charge in [0, 0.05) is 5.92 Å². The van der Waals surface area contributed by atoms with Crippen molar-refractivity contribution in [2.45, 2.75) is 162 Å². The Labute approximate surface area is 266 Å². The second-order valence-electron chi connectivity index (χ2n) is 14.2. The summed E-state index contributed by atoms with van der Waals surface area (Å²) in [4.78, 5) is 0. The van der Waals surface area contributed by atoms with Crippen LogP contribution < -0.4 is 0 Å². The molecule has 16 nitrogen and oxygen atoms in total. The van der Waals surface area contributed by atoms with E-state index in [1.54, 1.807) is 0 Å². The smallest absolute Gasteiger partial charge is 0.187 e. The molecule has 0 aromatic rings. The molecule has 4 heterocycles. The van der Waals surface area contributed by atoms with Crippen molar-refractivity contribution in [2.75, 3.05) is 6.61 Å². The summed E-state index contributed by atoms with van der Waals surface area (Å²) in [6.07, 6.45) is -20.1. The molecule has 6 fully saturated rings. The normalized spacial score (nSPS) is 57.9. The van der Waals surface area contributed by atoms with Crippen LogP contribution in [-0.4, -0.2) is 174 Å². The van der Waals surface area contributed by atoms with Crippen LogP contribution in [-0.2, 0) is 28.4 Å². The van der Waals surface area contributed by atoms with E-state index in [0.717, 1.165) is 0 Å². The molecule has 0 amide bonds. The second-order valence-corrected chi connectivity index (χ2v) is 14.2. The third-order valence-corrected chi connectivity index (χ3v) is 11.0. The van der Waals surface area contributed by atoms with Gasteiger partial charge in [-0.15, -0.1) is 0 Å². The number of ether oxygens (including phenoxy) is 6. The average molecular weight is 667 g/mol. The maximum atomic E-state index is 11.0. The maximum Gasteiger partial charge on any atom is 0.187 e. The lowest BCUT2D eigenvalue weighted by Gasteiger charge is -2.58. The van der Waals surface area contributed by atoms with Crippen LogP contribution in [0.25, 0.3) is 0 Å². The Morgan fingerprint density at radius 1 is 0.587 bits per heavy atom. The van der Waals surface area contributed by atoms with Crippen LogP contribution in [0.4, 0.5) is 0 Å². The van der Waals surface area contributed by atoms with Crippen molar-refractivity contribution in [1.29, 1.82) is 0 Å². The fraction of sp³-hybridized carbons (Fsp3) is 1.00. The van der Waals surface area contributed by atoms with E-state index in [2.05, 4.69) is 0 Å². The van der Waals surface area contributed by atoms with Crippen molar-refractivity contribution < 1.29 is 79.5 Å². The average Bonchev–Trinajstić information content (AvgIpc) is 3.00. The lowest BCUT2D eigenvalue weighted by Crippen LogP contribution is -2.67. The third-order valence-electron chi connectivity index (χ3n) is 11.0. The van der Waals surface area contributed by atoms with Crippen molar-refractivity contribution in [1.82, 2.24) is 0 Å². The topological polar surface area (TPSA) is 258 Å². The zero-order valence-corrected chi connectivity index (χ0v) is 25.9. The minimum atomic E-state index is -1.73. The lowest BCUT2D eigenvalue weighted by molar-refractivity contribution is -0.358. The van der Waals surface area contributed by atoms with Crippen molar-refractivity contribution in [3.05, 3.63) is 0 Å². The van der Waals surface area contributed by atoms with Gasteiger partial charge < -0.3 is 79.5 Å². The van der Waals surface area contributed by atoms with Crippen molar-refractivity contribution in [2.24, 2.45) is 17.8 Å². The van der Waals surface area contributed by atoms with Crippen molar-refractivity contribution >= 4 is 0 Å². The van der Waals surface area contributed by atoms with Crippen LogP contribution in [0.1, 0.15) is 46.0 Å². The molecule has 4 saturated heterocycles. The van der Waals surface area contributed by atoms with Gasteiger partial charge in [-0.05, 0) is 57.8 Å². The second kappa shape index (κ2) is 13.9. The summed E-state index contributed by atoms with van der Waals surface area (Å²) in [5, 5.41) is 105. The van der Waals surface area contributed by atoms with Gasteiger partial charge in [0.25, 0.3) is 0 Å². The summed E-state index contributed by atoms with van der Waals surface area (Å²) >= 11 is 0. The van der Waals surface area contributed by atoms with E-state index in [1.165, 1.54) is 6.92 Å². The summed E-state index contributed by atoms with van der Waals surface area (Å²) in [7, 11) is 0. The largest absolute Gasteiger partial charge is 0.393 e. The van der Waals surface area contributed by atoms with Crippen LogP contribution in [0.3, 0.4) is 0 Å². The highest BCUT2D eigenvalue weighted by atomic mass is 16.7. The SMILES string of the molecule is CC1CC2C(OC3OC(COC4OC(C)C(O)C(O)C4O)C(O)C(O)C3O)C(C3CC(O)C(O)C(O)C3)OC3CC(O)CC(O1)C32. The molecule has 16 heteroatoms. The minimum absolute atomic E-state index is 0.0967. The highest BCUT2D eigenvalue weighted by Gasteiger charge is 2.59. The predicted molar refractivity (Wildman–Crippen MR) is 150 cm³/mol. The van der Waals surface area contributed by atoms with Gasteiger partial charge in [-0.2, -0.15) is 0 Å². The number of rotatable bonds is 6. The fourth-order valence-corrected chi connectivity index (χ4v) is 8.54. The van der Waals surface area contributed by atoms with Gasteiger partial charge in [0.1, 0.15) is 48.8 Å². The molecule has 10 N–H and O–H groups in total. The van der Waals surface area contributed by atoms with E-state index in [-0.39, 0.29) is 36.9 Å². The van der Waals surface area contributed by atoms with E-state index in [4.69, 9.17) is 28.4 Å². The van der Waals surface area contributed by atoms with Crippen LogP contribution in [0.15, 0.2) is 0 Å². The summed E-state index contributed by atoms with van der Waals surface area (Å²) in [6.45, 7) is 2.94. The highest BCUT2D eigenvalue weighted by molar-refractivity contribution is 5.06. The van der Waals surface area contributed by atoms with E-state index in [0.29, 0.717) is 19.3 Å². The Bertz CT molecular complexity index is 1010. The number of aliphatic hydroxyl groups excluding tert-OH is 10. The van der Waals surface area contributed by atoms with Gasteiger partial charge in [0.2, 0.25) is 0 Å². The van der Waals surface area contributed by atoms with Gasteiger partial charge in [-0.25, -0.2) is 0 Å². The molecule has 2 aliphatic carbocycles. The monoisotopic (exact) mass is 666 g/mol. The fourth-order valence-electron chi connectivity index (χ4n) is 8.54. The van der Waals surface area contributed by atoms with Crippen molar-refractivity contribution in [3.8, 4) is 0 Å². The van der Waals surface area contributed by atoms with E-state index in [1.807, 2.05) is 6.92 Å². The molecule has 46 heavy (non-hydrogen) atoms. The molecule has 2 saturated carbocycles.